The first-order chi connectivity index (χ1) is 15.1. The highest BCUT2D eigenvalue weighted by molar-refractivity contribution is 7.99. The van der Waals surface area contributed by atoms with Crippen LogP contribution >= 0.6 is 11.8 Å². The first kappa shape index (κ1) is 20.9. The highest BCUT2D eigenvalue weighted by Crippen LogP contribution is 2.20. The van der Waals surface area contributed by atoms with Gasteiger partial charge in [0.2, 0.25) is 5.91 Å². The maximum absolute atomic E-state index is 12.4. The summed E-state index contributed by atoms with van der Waals surface area (Å²) in [5.74, 6) is -0.282. The third-order valence-corrected chi connectivity index (χ3v) is 5.82. The quantitative estimate of drug-likeness (QED) is 0.446. The Hall–Kier alpha value is -3.33. The zero-order valence-electron chi connectivity index (χ0n) is 16.8. The number of aromatic nitrogens is 3. The minimum absolute atomic E-state index is 0.0914. The molecule has 2 amide bonds. The Bertz CT molecular complexity index is 1120. The molecule has 1 fully saturated rings. The van der Waals surface area contributed by atoms with E-state index in [9.17, 15) is 14.4 Å². The smallest absolute Gasteiger partial charge is 0.343 e. The lowest BCUT2D eigenvalue weighted by Gasteiger charge is -2.08. The van der Waals surface area contributed by atoms with E-state index in [0.717, 1.165) is 18.4 Å². The molecule has 1 heterocycles. The van der Waals surface area contributed by atoms with Crippen LogP contribution in [0, 0.1) is 0 Å². The number of anilines is 1. The van der Waals surface area contributed by atoms with Gasteiger partial charge in [-0.05, 0) is 43.0 Å². The Morgan fingerprint density at radius 1 is 1.13 bits per heavy atom. The van der Waals surface area contributed by atoms with Crippen molar-refractivity contribution < 1.29 is 9.59 Å². The van der Waals surface area contributed by atoms with Crippen LogP contribution in [0.25, 0.3) is 0 Å². The van der Waals surface area contributed by atoms with E-state index in [-0.39, 0.29) is 29.3 Å². The number of hydrogen-bond acceptors (Lipinski definition) is 5. The van der Waals surface area contributed by atoms with Gasteiger partial charge in [0, 0.05) is 23.8 Å². The van der Waals surface area contributed by atoms with E-state index >= 15 is 0 Å². The second-order valence-electron chi connectivity index (χ2n) is 7.36. The molecule has 31 heavy (non-hydrogen) atoms. The van der Waals surface area contributed by atoms with Gasteiger partial charge in [0.25, 0.3) is 5.91 Å². The lowest BCUT2D eigenvalue weighted by Crippen LogP contribution is -2.25. The van der Waals surface area contributed by atoms with E-state index in [2.05, 4.69) is 20.8 Å². The van der Waals surface area contributed by atoms with Crippen LogP contribution < -0.4 is 16.3 Å². The van der Waals surface area contributed by atoms with Crippen molar-refractivity contribution in [2.45, 2.75) is 37.0 Å². The molecule has 0 atom stereocenters. The summed E-state index contributed by atoms with van der Waals surface area (Å²) in [6, 6.07) is 17.0. The molecule has 3 N–H and O–H groups in total. The monoisotopic (exact) mass is 437 g/mol. The SMILES string of the molecule is O=C(CSc1n[nH]c(=O)n1CCc1ccccc1)Nc1cccc(C(=O)NC2CC2)c1. The number of aryl methyl sites for hydroxylation is 1. The van der Waals surface area contributed by atoms with E-state index in [1.807, 2.05) is 30.3 Å². The molecule has 0 unspecified atom stereocenters. The van der Waals surface area contributed by atoms with Crippen LogP contribution in [0.15, 0.2) is 64.5 Å². The van der Waals surface area contributed by atoms with Crippen molar-refractivity contribution in [3.63, 3.8) is 0 Å². The molecule has 0 saturated heterocycles. The van der Waals surface area contributed by atoms with Gasteiger partial charge >= 0.3 is 5.69 Å². The van der Waals surface area contributed by atoms with Crippen LogP contribution in [0.5, 0.6) is 0 Å². The van der Waals surface area contributed by atoms with Crippen LogP contribution in [0.1, 0.15) is 28.8 Å². The lowest BCUT2D eigenvalue weighted by atomic mass is 10.1. The van der Waals surface area contributed by atoms with Crippen molar-refractivity contribution >= 4 is 29.3 Å². The van der Waals surface area contributed by atoms with Gasteiger partial charge in [0.15, 0.2) is 5.16 Å². The highest BCUT2D eigenvalue weighted by atomic mass is 32.2. The molecule has 1 saturated carbocycles. The van der Waals surface area contributed by atoms with E-state index in [0.29, 0.717) is 29.4 Å². The second kappa shape index (κ2) is 9.65. The fraction of sp³-hybridized carbons (Fsp3) is 0.273. The summed E-state index contributed by atoms with van der Waals surface area (Å²) in [6.07, 6.45) is 2.72. The third-order valence-electron chi connectivity index (χ3n) is 4.84. The normalized spacial score (nSPS) is 13.0. The van der Waals surface area contributed by atoms with Crippen LogP contribution in [0.2, 0.25) is 0 Å². The molecule has 0 bridgehead atoms. The molecule has 3 aromatic rings. The molecule has 1 aromatic heterocycles. The topological polar surface area (TPSA) is 109 Å². The van der Waals surface area contributed by atoms with Crippen molar-refractivity contribution in [1.29, 1.82) is 0 Å². The molecular weight excluding hydrogens is 414 g/mol. The fourth-order valence-electron chi connectivity index (χ4n) is 3.06. The van der Waals surface area contributed by atoms with Crippen LogP contribution in [0.4, 0.5) is 5.69 Å². The number of carbonyl (C=O) groups excluding carboxylic acids is 2. The highest BCUT2D eigenvalue weighted by Gasteiger charge is 2.23. The predicted octanol–water partition coefficient (Wildman–Crippen LogP) is 2.44. The van der Waals surface area contributed by atoms with Gasteiger partial charge in [-0.1, -0.05) is 48.2 Å². The minimum Gasteiger partial charge on any atom is -0.349 e. The summed E-state index contributed by atoms with van der Waals surface area (Å²) in [4.78, 5) is 36.6. The van der Waals surface area contributed by atoms with E-state index in [1.54, 1.807) is 24.3 Å². The number of benzene rings is 2. The molecular formula is C22H23N5O3S. The van der Waals surface area contributed by atoms with Crippen LogP contribution in [-0.2, 0) is 17.8 Å². The summed E-state index contributed by atoms with van der Waals surface area (Å²) >= 11 is 1.19. The first-order valence-electron chi connectivity index (χ1n) is 10.1. The predicted molar refractivity (Wildman–Crippen MR) is 119 cm³/mol. The average molecular weight is 438 g/mol. The van der Waals surface area contributed by atoms with Crippen molar-refractivity contribution in [3.8, 4) is 0 Å². The zero-order valence-corrected chi connectivity index (χ0v) is 17.7. The standard InChI is InChI=1S/C22H23N5O3S/c28-19(23-18-8-4-7-16(13-18)20(29)24-17-9-10-17)14-31-22-26-25-21(30)27(22)12-11-15-5-2-1-3-6-15/h1-8,13,17H,9-12,14H2,(H,23,28)(H,24,29)(H,25,30). The molecule has 9 heteroatoms. The van der Waals surface area contributed by atoms with Crippen molar-refractivity contribution in [3.05, 3.63) is 76.2 Å². The van der Waals surface area contributed by atoms with Gasteiger partial charge in [0.1, 0.15) is 0 Å². The Morgan fingerprint density at radius 3 is 2.71 bits per heavy atom. The molecule has 8 nitrogen and oxygen atoms in total. The average Bonchev–Trinajstić information content (AvgIpc) is 3.52. The Balaban J connectivity index is 1.32. The Labute approximate surface area is 183 Å². The number of thioether (sulfide) groups is 1. The van der Waals surface area contributed by atoms with Gasteiger partial charge in [-0.2, -0.15) is 0 Å². The Morgan fingerprint density at radius 2 is 1.94 bits per heavy atom. The number of carbonyl (C=O) groups is 2. The summed E-state index contributed by atoms with van der Waals surface area (Å²) < 4.78 is 1.54. The third kappa shape index (κ3) is 5.85. The Kier molecular flexibility index (Phi) is 6.51. The summed E-state index contributed by atoms with van der Waals surface area (Å²) in [5, 5.41) is 12.7. The summed E-state index contributed by atoms with van der Waals surface area (Å²) in [5.41, 5.74) is 1.89. The van der Waals surface area contributed by atoms with E-state index < -0.39 is 0 Å². The van der Waals surface area contributed by atoms with E-state index in [1.165, 1.54) is 16.3 Å². The number of nitrogens with one attached hydrogen (secondary N) is 3. The molecule has 1 aliphatic carbocycles. The van der Waals surface area contributed by atoms with Crippen LogP contribution in [0.3, 0.4) is 0 Å². The number of H-pyrrole nitrogens is 1. The molecule has 4 rings (SSSR count). The molecule has 0 spiro atoms. The summed E-state index contributed by atoms with van der Waals surface area (Å²) in [7, 11) is 0. The van der Waals surface area contributed by atoms with Crippen molar-refractivity contribution in [1.82, 2.24) is 20.1 Å². The largest absolute Gasteiger partial charge is 0.349 e. The number of nitrogens with zero attached hydrogens (tertiary/aromatic N) is 2. The van der Waals surface area contributed by atoms with Gasteiger partial charge in [-0.3, -0.25) is 14.2 Å². The van der Waals surface area contributed by atoms with Gasteiger partial charge in [-0.15, -0.1) is 5.10 Å². The number of amides is 2. The molecule has 160 valence electrons. The van der Waals surface area contributed by atoms with Gasteiger partial charge < -0.3 is 10.6 Å². The second-order valence-corrected chi connectivity index (χ2v) is 8.31. The minimum atomic E-state index is -0.298. The molecule has 2 aromatic carbocycles. The maximum Gasteiger partial charge on any atom is 0.343 e. The van der Waals surface area contributed by atoms with Gasteiger partial charge in [0.05, 0.1) is 5.75 Å². The first-order valence-corrected chi connectivity index (χ1v) is 11.1. The maximum atomic E-state index is 12.4. The van der Waals surface area contributed by atoms with E-state index in [4.69, 9.17) is 0 Å². The molecule has 1 aliphatic rings. The number of aromatic amines is 1. The van der Waals surface area contributed by atoms with Crippen molar-refractivity contribution in [2.24, 2.45) is 0 Å². The fourth-order valence-corrected chi connectivity index (χ4v) is 3.83. The number of rotatable bonds is 9. The molecule has 0 radical (unpaired) electrons. The number of hydrogen-bond donors (Lipinski definition) is 3. The summed E-state index contributed by atoms with van der Waals surface area (Å²) in [6.45, 7) is 0.474. The molecule has 0 aliphatic heterocycles. The lowest BCUT2D eigenvalue weighted by molar-refractivity contribution is -0.113. The zero-order chi connectivity index (χ0) is 21.6. The van der Waals surface area contributed by atoms with Crippen LogP contribution in [-0.4, -0.2) is 38.4 Å². The van der Waals surface area contributed by atoms with Gasteiger partial charge in [-0.25, -0.2) is 9.89 Å². The van der Waals surface area contributed by atoms with Crippen molar-refractivity contribution in [2.75, 3.05) is 11.1 Å².